The molecule has 1 aromatic carbocycles. The van der Waals surface area contributed by atoms with Crippen LogP contribution in [0.2, 0.25) is 0 Å². The number of nitrogens with two attached hydrogens (primary N) is 1. The lowest BCUT2D eigenvalue weighted by atomic mass is 10.1. The highest BCUT2D eigenvalue weighted by Gasteiger charge is 2.10. The predicted octanol–water partition coefficient (Wildman–Crippen LogP) is 3.24. The lowest BCUT2D eigenvalue weighted by Crippen LogP contribution is -2.17. The van der Waals surface area contributed by atoms with E-state index in [1.54, 1.807) is 0 Å². The van der Waals surface area contributed by atoms with E-state index in [9.17, 15) is 4.79 Å². The normalized spacial score (nSPS) is 10.7. The summed E-state index contributed by atoms with van der Waals surface area (Å²) in [6, 6.07) is 7.68. The molecule has 170 valence electrons. The molecule has 0 radical (unpaired) electrons. The van der Waals surface area contributed by atoms with Crippen LogP contribution in [0.5, 0.6) is 5.75 Å². The number of carbonyl (C=O) groups is 1. The number of nitrogen functional groups attached to an aromatic ring is 1. The van der Waals surface area contributed by atoms with Gasteiger partial charge < -0.3 is 25.8 Å². The number of nitrogens with zero attached hydrogens (tertiary/aromatic N) is 2. The summed E-state index contributed by atoms with van der Waals surface area (Å²) in [6.45, 7) is 6.55. The first kappa shape index (κ1) is 24.4. The molecular formula is C23H35N5O3. The molecule has 4 N–H and O–H groups in total. The fourth-order valence-electron chi connectivity index (χ4n) is 3.21. The second-order valence-electron chi connectivity index (χ2n) is 7.42. The highest BCUT2D eigenvalue weighted by atomic mass is 16.6. The van der Waals surface area contributed by atoms with Gasteiger partial charge in [0.2, 0.25) is 5.95 Å². The first-order valence-corrected chi connectivity index (χ1v) is 10.9. The number of carbonyl (C=O) groups excluding carboxylic acids is 1. The molecule has 0 aliphatic heterocycles. The summed E-state index contributed by atoms with van der Waals surface area (Å²) in [5.41, 5.74) is 9.00. The molecule has 0 saturated heterocycles. The lowest BCUT2D eigenvalue weighted by molar-refractivity contribution is -0.142. The van der Waals surface area contributed by atoms with Gasteiger partial charge in [0.25, 0.3) is 0 Å². The van der Waals surface area contributed by atoms with Crippen molar-refractivity contribution >= 4 is 17.7 Å². The lowest BCUT2D eigenvalue weighted by Gasteiger charge is -2.14. The van der Waals surface area contributed by atoms with Gasteiger partial charge in [0.05, 0.1) is 7.11 Å². The number of esters is 1. The smallest absolute Gasteiger partial charge is 0.343 e. The largest absolute Gasteiger partial charge is 0.482 e. The van der Waals surface area contributed by atoms with Crippen molar-refractivity contribution in [2.45, 2.75) is 52.5 Å². The van der Waals surface area contributed by atoms with E-state index >= 15 is 0 Å². The predicted molar refractivity (Wildman–Crippen MR) is 123 cm³/mol. The van der Waals surface area contributed by atoms with Crippen molar-refractivity contribution in [2.24, 2.45) is 0 Å². The summed E-state index contributed by atoms with van der Waals surface area (Å²) in [5.74, 6) is 1.42. The van der Waals surface area contributed by atoms with Crippen molar-refractivity contribution in [1.82, 2.24) is 15.3 Å². The second-order valence-corrected chi connectivity index (χ2v) is 7.42. The van der Waals surface area contributed by atoms with Crippen molar-refractivity contribution in [3.05, 3.63) is 41.1 Å². The molecule has 2 rings (SSSR count). The maximum atomic E-state index is 11.2. The Morgan fingerprint density at radius 3 is 2.77 bits per heavy atom. The fraction of sp³-hybridized carbons (Fsp3) is 0.522. The Morgan fingerprint density at radius 2 is 2.00 bits per heavy atom. The van der Waals surface area contributed by atoms with E-state index in [2.05, 4.69) is 32.3 Å². The molecule has 0 bridgehead atoms. The van der Waals surface area contributed by atoms with Crippen molar-refractivity contribution in [2.75, 3.05) is 37.9 Å². The monoisotopic (exact) mass is 429 g/mol. The number of aryl methyl sites for hydroxylation is 1. The third-order valence-corrected chi connectivity index (χ3v) is 4.90. The molecule has 2 aromatic rings. The van der Waals surface area contributed by atoms with Crippen molar-refractivity contribution < 1.29 is 14.3 Å². The molecule has 0 atom stereocenters. The first-order chi connectivity index (χ1) is 15.0. The Balaban J connectivity index is 1.80. The highest BCUT2D eigenvalue weighted by molar-refractivity contribution is 5.70. The average molecular weight is 430 g/mol. The number of methoxy groups -OCH3 is 1. The number of unbranched alkanes of at least 4 members (excludes halogenated alkanes) is 2. The van der Waals surface area contributed by atoms with Gasteiger partial charge in [0.1, 0.15) is 11.6 Å². The maximum absolute atomic E-state index is 11.2. The van der Waals surface area contributed by atoms with Gasteiger partial charge in [-0.1, -0.05) is 31.9 Å². The van der Waals surface area contributed by atoms with Crippen LogP contribution in [0, 0.1) is 6.92 Å². The maximum Gasteiger partial charge on any atom is 0.343 e. The molecule has 0 unspecified atom stereocenters. The van der Waals surface area contributed by atoms with Crippen LogP contribution in [0.4, 0.5) is 11.8 Å². The summed E-state index contributed by atoms with van der Waals surface area (Å²) in [4.78, 5) is 19.9. The first-order valence-electron chi connectivity index (χ1n) is 10.9. The average Bonchev–Trinajstić information content (AvgIpc) is 2.76. The minimum Gasteiger partial charge on any atom is -0.482 e. The number of benzene rings is 1. The summed E-state index contributed by atoms with van der Waals surface area (Å²) >= 11 is 0. The van der Waals surface area contributed by atoms with Crippen LogP contribution in [-0.2, 0) is 22.5 Å². The van der Waals surface area contributed by atoms with E-state index in [1.165, 1.54) is 20.0 Å². The van der Waals surface area contributed by atoms with Crippen LogP contribution in [0.15, 0.2) is 24.3 Å². The van der Waals surface area contributed by atoms with Gasteiger partial charge in [-0.3, -0.25) is 0 Å². The van der Waals surface area contributed by atoms with Crippen molar-refractivity contribution in [3.8, 4) is 5.75 Å². The zero-order valence-corrected chi connectivity index (χ0v) is 18.9. The standard InChI is InChI=1S/C23H35N5O3/c1-4-5-6-13-26-22-20(17(2)27-23(24)28-22)11-8-12-25-15-18-9-7-10-19(14-18)31-16-21(29)30-3/h7,9-10,14,25H,4-6,8,11-13,15-16H2,1-3H3,(H3,24,26,27,28). The zero-order chi connectivity index (χ0) is 22.5. The molecule has 0 spiro atoms. The number of rotatable bonds is 14. The molecule has 0 amide bonds. The van der Waals surface area contributed by atoms with Crippen LogP contribution >= 0.6 is 0 Å². The number of nitrogens with one attached hydrogen (secondary N) is 2. The van der Waals surface area contributed by atoms with Crippen LogP contribution in [0.1, 0.15) is 49.4 Å². The number of ether oxygens (including phenoxy) is 2. The molecule has 8 heteroatoms. The Morgan fingerprint density at radius 1 is 1.16 bits per heavy atom. The van der Waals surface area contributed by atoms with Gasteiger partial charge in [-0.25, -0.2) is 9.78 Å². The minimum atomic E-state index is -0.398. The van der Waals surface area contributed by atoms with Crippen LogP contribution in [0.3, 0.4) is 0 Å². The summed E-state index contributed by atoms with van der Waals surface area (Å²) in [7, 11) is 1.34. The number of anilines is 2. The van der Waals surface area contributed by atoms with Gasteiger partial charge in [0.15, 0.2) is 6.61 Å². The molecule has 0 fully saturated rings. The third-order valence-electron chi connectivity index (χ3n) is 4.90. The molecule has 1 aromatic heterocycles. The van der Waals surface area contributed by atoms with Gasteiger partial charge in [0, 0.05) is 24.3 Å². The SMILES string of the molecule is CCCCCNc1nc(N)nc(C)c1CCCNCc1cccc(OCC(=O)OC)c1. The third kappa shape index (κ3) is 8.80. The van der Waals surface area contributed by atoms with E-state index in [1.807, 2.05) is 31.2 Å². The molecular weight excluding hydrogens is 394 g/mol. The van der Waals surface area contributed by atoms with Crippen molar-refractivity contribution in [1.29, 1.82) is 0 Å². The molecule has 1 heterocycles. The fourth-order valence-corrected chi connectivity index (χ4v) is 3.21. The number of aromatic nitrogens is 2. The van der Waals surface area contributed by atoms with E-state index < -0.39 is 5.97 Å². The summed E-state index contributed by atoms with van der Waals surface area (Å²) < 4.78 is 10.0. The number of hydrogen-bond donors (Lipinski definition) is 3. The van der Waals surface area contributed by atoms with Crippen LogP contribution < -0.4 is 21.1 Å². The molecule has 8 nitrogen and oxygen atoms in total. The Bertz CT molecular complexity index is 829. The van der Waals surface area contributed by atoms with Gasteiger partial charge in [-0.05, 0) is 50.4 Å². The Labute approximate surface area is 185 Å². The van der Waals surface area contributed by atoms with E-state index in [0.717, 1.165) is 61.5 Å². The highest BCUT2D eigenvalue weighted by Crippen LogP contribution is 2.19. The summed E-state index contributed by atoms with van der Waals surface area (Å²) in [5, 5.41) is 6.88. The molecule has 31 heavy (non-hydrogen) atoms. The molecule has 0 aliphatic carbocycles. The summed E-state index contributed by atoms with van der Waals surface area (Å²) in [6.07, 6.45) is 5.32. The molecule has 0 aliphatic rings. The van der Waals surface area contributed by atoms with Gasteiger partial charge >= 0.3 is 5.97 Å². The van der Waals surface area contributed by atoms with Crippen molar-refractivity contribution in [3.63, 3.8) is 0 Å². The number of hydrogen-bond acceptors (Lipinski definition) is 8. The molecule has 0 saturated carbocycles. The zero-order valence-electron chi connectivity index (χ0n) is 18.9. The topological polar surface area (TPSA) is 111 Å². The van der Waals surface area contributed by atoms with Gasteiger partial charge in [-0.15, -0.1) is 0 Å². The van der Waals surface area contributed by atoms with E-state index in [0.29, 0.717) is 11.7 Å². The quantitative estimate of drug-likeness (QED) is 0.310. The second kappa shape index (κ2) is 13.4. The van der Waals surface area contributed by atoms with E-state index in [-0.39, 0.29) is 6.61 Å². The minimum absolute atomic E-state index is 0.0921. The van der Waals surface area contributed by atoms with E-state index in [4.69, 9.17) is 10.5 Å². The Kier molecular flexibility index (Phi) is 10.6. The van der Waals surface area contributed by atoms with Crippen LogP contribution in [0.25, 0.3) is 0 Å². The van der Waals surface area contributed by atoms with Gasteiger partial charge in [-0.2, -0.15) is 4.98 Å². The Hall–Kier alpha value is -2.87. The van der Waals surface area contributed by atoms with Crippen LogP contribution in [-0.4, -0.2) is 42.7 Å².